The van der Waals surface area contributed by atoms with Crippen molar-refractivity contribution < 1.29 is 4.79 Å². The summed E-state index contributed by atoms with van der Waals surface area (Å²) in [6.07, 6.45) is 1.76. The molecule has 0 saturated heterocycles. The molecule has 0 atom stereocenters. The number of anilines is 1. The summed E-state index contributed by atoms with van der Waals surface area (Å²) < 4.78 is 0. The lowest BCUT2D eigenvalue weighted by Gasteiger charge is -2.08. The molecule has 0 unspecified atom stereocenters. The summed E-state index contributed by atoms with van der Waals surface area (Å²) in [5.41, 5.74) is 8.04. The molecular formula is C16H26N4O. The van der Waals surface area contributed by atoms with Gasteiger partial charge in [-0.3, -0.25) is 9.79 Å². The first kappa shape index (κ1) is 17.0. The largest absolute Gasteiger partial charge is 0.370 e. The molecule has 1 aromatic rings. The number of amides is 1. The van der Waals surface area contributed by atoms with E-state index < -0.39 is 0 Å². The van der Waals surface area contributed by atoms with Crippen molar-refractivity contribution >= 4 is 17.6 Å². The fraction of sp³-hybridized carbons (Fsp3) is 0.500. The second-order valence-corrected chi connectivity index (χ2v) is 5.25. The molecule has 0 bridgehead atoms. The van der Waals surface area contributed by atoms with E-state index in [2.05, 4.69) is 34.7 Å². The van der Waals surface area contributed by atoms with Crippen molar-refractivity contribution in [2.45, 2.75) is 33.6 Å². The van der Waals surface area contributed by atoms with Gasteiger partial charge in [-0.2, -0.15) is 0 Å². The average molecular weight is 290 g/mol. The summed E-state index contributed by atoms with van der Waals surface area (Å²) in [6, 6.07) is 8.10. The summed E-state index contributed by atoms with van der Waals surface area (Å²) in [7, 11) is 0. The maximum absolute atomic E-state index is 11.4. The summed E-state index contributed by atoms with van der Waals surface area (Å²) in [6.45, 7) is 7.07. The Balaban J connectivity index is 2.31. The molecule has 0 radical (unpaired) electrons. The van der Waals surface area contributed by atoms with E-state index in [1.54, 1.807) is 0 Å². The molecular weight excluding hydrogens is 264 g/mol. The van der Waals surface area contributed by atoms with E-state index in [1.165, 1.54) is 5.56 Å². The van der Waals surface area contributed by atoms with Crippen molar-refractivity contribution in [1.29, 1.82) is 0 Å². The van der Waals surface area contributed by atoms with E-state index in [-0.39, 0.29) is 11.8 Å². The standard InChI is InChI=1S/C16H26N4O/c1-4-13-7-5-8-14(11-13)20-16(17)19-10-6-9-18-15(21)12(2)3/h5,7-8,11-12H,4,6,9-10H2,1-3H3,(H,18,21)(H3,17,19,20). The number of aliphatic imine (C=N–C) groups is 1. The Morgan fingerprint density at radius 2 is 2.14 bits per heavy atom. The summed E-state index contributed by atoms with van der Waals surface area (Å²) in [5.74, 6) is 0.492. The van der Waals surface area contributed by atoms with Crippen molar-refractivity contribution in [3.8, 4) is 0 Å². The number of hydrogen-bond donors (Lipinski definition) is 3. The minimum absolute atomic E-state index is 0.0195. The molecule has 116 valence electrons. The molecule has 0 aliphatic rings. The lowest BCUT2D eigenvalue weighted by Crippen LogP contribution is -2.29. The molecule has 21 heavy (non-hydrogen) atoms. The number of guanidine groups is 1. The highest BCUT2D eigenvalue weighted by Gasteiger charge is 2.04. The van der Waals surface area contributed by atoms with Crippen molar-refractivity contribution in [1.82, 2.24) is 5.32 Å². The van der Waals surface area contributed by atoms with E-state index in [4.69, 9.17) is 5.73 Å². The summed E-state index contributed by atoms with van der Waals surface area (Å²) in [4.78, 5) is 15.6. The first-order chi connectivity index (χ1) is 10.0. The number of rotatable bonds is 7. The van der Waals surface area contributed by atoms with E-state index in [0.29, 0.717) is 19.0 Å². The van der Waals surface area contributed by atoms with Gasteiger partial charge in [0.15, 0.2) is 5.96 Å². The monoisotopic (exact) mass is 290 g/mol. The molecule has 0 aliphatic carbocycles. The highest BCUT2D eigenvalue weighted by molar-refractivity contribution is 5.92. The van der Waals surface area contributed by atoms with Crippen LogP contribution in [0.4, 0.5) is 5.69 Å². The zero-order valence-corrected chi connectivity index (χ0v) is 13.1. The fourth-order valence-electron chi connectivity index (χ4n) is 1.75. The molecule has 4 N–H and O–H groups in total. The Bertz CT molecular complexity index is 483. The van der Waals surface area contributed by atoms with Gasteiger partial charge in [0.1, 0.15) is 0 Å². The second-order valence-electron chi connectivity index (χ2n) is 5.25. The van der Waals surface area contributed by atoms with Crippen LogP contribution < -0.4 is 16.4 Å². The van der Waals surface area contributed by atoms with Gasteiger partial charge in [-0.25, -0.2) is 0 Å². The van der Waals surface area contributed by atoms with Gasteiger partial charge in [0.2, 0.25) is 5.91 Å². The molecule has 1 aromatic carbocycles. The molecule has 0 heterocycles. The van der Waals surface area contributed by atoms with Crippen LogP contribution in [0.2, 0.25) is 0 Å². The average Bonchev–Trinajstić information content (AvgIpc) is 2.46. The maximum Gasteiger partial charge on any atom is 0.222 e. The van der Waals surface area contributed by atoms with E-state index in [1.807, 2.05) is 26.0 Å². The number of carbonyl (C=O) groups is 1. The fourth-order valence-corrected chi connectivity index (χ4v) is 1.75. The highest BCUT2D eigenvalue weighted by Crippen LogP contribution is 2.10. The second kappa shape index (κ2) is 9.00. The molecule has 5 nitrogen and oxygen atoms in total. The lowest BCUT2D eigenvalue weighted by molar-refractivity contribution is -0.123. The number of nitrogens with zero attached hydrogens (tertiary/aromatic N) is 1. The first-order valence-electron chi connectivity index (χ1n) is 7.46. The van der Waals surface area contributed by atoms with Gasteiger partial charge in [0, 0.05) is 24.7 Å². The molecule has 1 amide bonds. The van der Waals surface area contributed by atoms with Crippen molar-refractivity contribution in [3.63, 3.8) is 0 Å². The number of nitrogens with one attached hydrogen (secondary N) is 2. The van der Waals surface area contributed by atoms with Crippen molar-refractivity contribution in [2.24, 2.45) is 16.6 Å². The number of hydrogen-bond acceptors (Lipinski definition) is 2. The quantitative estimate of drug-likeness (QED) is 0.409. The maximum atomic E-state index is 11.4. The predicted molar refractivity (Wildman–Crippen MR) is 88.4 cm³/mol. The van der Waals surface area contributed by atoms with Gasteiger partial charge in [-0.05, 0) is 30.5 Å². The Labute approximate surface area is 127 Å². The van der Waals surface area contributed by atoms with Crippen LogP contribution in [0, 0.1) is 5.92 Å². The molecule has 0 saturated carbocycles. The van der Waals surface area contributed by atoms with Gasteiger partial charge in [-0.1, -0.05) is 32.9 Å². The Kier molecular flexibility index (Phi) is 7.29. The van der Waals surface area contributed by atoms with Gasteiger partial charge in [-0.15, -0.1) is 0 Å². The van der Waals surface area contributed by atoms with Crippen molar-refractivity contribution in [2.75, 3.05) is 18.4 Å². The number of carbonyl (C=O) groups excluding carboxylic acids is 1. The van der Waals surface area contributed by atoms with Gasteiger partial charge >= 0.3 is 0 Å². The topological polar surface area (TPSA) is 79.5 Å². The van der Waals surface area contributed by atoms with E-state index in [9.17, 15) is 4.79 Å². The molecule has 0 fully saturated rings. The number of benzene rings is 1. The third-order valence-electron chi connectivity index (χ3n) is 3.05. The van der Waals surface area contributed by atoms with Crippen LogP contribution in [-0.2, 0) is 11.2 Å². The Morgan fingerprint density at radius 3 is 2.81 bits per heavy atom. The van der Waals surface area contributed by atoms with Crippen LogP contribution >= 0.6 is 0 Å². The van der Waals surface area contributed by atoms with Crippen LogP contribution in [-0.4, -0.2) is 25.0 Å². The smallest absolute Gasteiger partial charge is 0.222 e. The zero-order chi connectivity index (χ0) is 15.7. The lowest BCUT2D eigenvalue weighted by atomic mass is 10.1. The van der Waals surface area contributed by atoms with Crippen LogP contribution in [0.3, 0.4) is 0 Å². The molecule has 0 aliphatic heterocycles. The van der Waals surface area contributed by atoms with Gasteiger partial charge in [0.25, 0.3) is 0 Å². The van der Waals surface area contributed by atoms with E-state index >= 15 is 0 Å². The van der Waals surface area contributed by atoms with Gasteiger partial charge in [0.05, 0.1) is 0 Å². The molecule has 5 heteroatoms. The normalized spacial score (nSPS) is 11.5. The number of aryl methyl sites for hydroxylation is 1. The summed E-state index contributed by atoms with van der Waals surface area (Å²) >= 11 is 0. The first-order valence-corrected chi connectivity index (χ1v) is 7.46. The Hall–Kier alpha value is -2.04. The van der Waals surface area contributed by atoms with Crippen LogP contribution in [0.5, 0.6) is 0 Å². The SMILES string of the molecule is CCc1cccc(NC(N)=NCCCNC(=O)C(C)C)c1. The molecule has 0 aromatic heterocycles. The molecule has 1 rings (SSSR count). The van der Waals surface area contributed by atoms with E-state index in [0.717, 1.165) is 18.5 Å². The predicted octanol–water partition coefficient (Wildman–Crippen LogP) is 2.14. The minimum atomic E-state index is 0.0195. The van der Waals surface area contributed by atoms with Crippen LogP contribution in [0.1, 0.15) is 32.8 Å². The highest BCUT2D eigenvalue weighted by atomic mass is 16.1. The third kappa shape index (κ3) is 6.79. The van der Waals surface area contributed by atoms with Crippen LogP contribution in [0.15, 0.2) is 29.3 Å². The van der Waals surface area contributed by atoms with Crippen LogP contribution in [0.25, 0.3) is 0 Å². The van der Waals surface area contributed by atoms with Crippen molar-refractivity contribution in [3.05, 3.63) is 29.8 Å². The zero-order valence-electron chi connectivity index (χ0n) is 13.1. The Morgan fingerprint density at radius 1 is 1.38 bits per heavy atom. The van der Waals surface area contributed by atoms with Gasteiger partial charge < -0.3 is 16.4 Å². The third-order valence-corrected chi connectivity index (χ3v) is 3.05. The summed E-state index contributed by atoms with van der Waals surface area (Å²) in [5, 5.41) is 5.93. The number of nitrogens with two attached hydrogens (primary N) is 1. The minimum Gasteiger partial charge on any atom is -0.370 e. The molecule has 0 spiro atoms.